The normalized spacial score (nSPS) is 11.9. The molecule has 3 N–H and O–H groups in total. The van der Waals surface area contributed by atoms with Gasteiger partial charge in [0.25, 0.3) is 11.5 Å². The summed E-state index contributed by atoms with van der Waals surface area (Å²) in [6.45, 7) is 5.55. The van der Waals surface area contributed by atoms with Crippen LogP contribution in [0.4, 0.5) is 5.95 Å². The molecule has 0 atom stereocenters. The Morgan fingerprint density at radius 2 is 1.87 bits per heavy atom. The van der Waals surface area contributed by atoms with E-state index in [1.54, 1.807) is 18.2 Å². The Hall–Kier alpha value is -2.12. The monoisotopic (exact) mass is 354 g/mol. The molecule has 0 spiro atoms. The Labute approximate surface area is 143 Å². The van der Waals surface area contributed by atoms with Gasteiger partial charge in [-0.2, -0.15) is 9.78 Å². The number of nitrogens with two attached hydrogens (primary N) is 1. The van der Waals surface area contributed by atoms with Gasteiger partial charge >= 0.3 is 0 Å². The van der Waals surface area contributed by atoms with E-state index in [1.807, 2.05) is 20.8 Å². The molecule has 23 heavy (non-hydrogen) atoms. The van der Waals surface area contributed by atoms with Crippen LogP contribution in [0.2, 0.25) is 10.0 Å². The van der Waals surface area contributed by atoms with E-state index < -0.39 is 11.0 Å². The molecule has 0 saturated heterocycles. The molecule has 0 aliphatic heterocycles. The van der Waals surface area contributed by atoms with Crippen molar-refractivity contribution >= 4 is 35.4 Å². The van der Waals surface area contributed by atoms with Crippen LogP contribution >= 0.6 is 23.2 Å². The molecule has 1 heterocycles. The van der Waals surface area contributed by atoms with Gasteiger partial charge in [-0.3, -0.25) is 4.79 Å². The summed E-state index contributed by atoms with van der Waals surface area (Å²) in [7, 11) is 0. The van der Waals surface area contributed by atoms with E-state index >= 15 is 0 Å². The number of aromatic nitrogens is 3. The van der Waals surface area contributed by atoms with E-state index in [0.29, 0.717) is 15.6 Å². The first-order valence-corrected chi connectivity index (χ1v) is 7.46. The highest BCUT2D eigenvalue weighted by molar-refractivity contribution is 6.38. The number of nitrogen functional groups attached to an aromatic ring is 1. The molecule has 0 saturated carbocycles. The van der Waals surface area contributed by atoms with Gasteiger partial charge in [0.2, 0.25) is 0 Å². The van der Waals surface area contributed by atoms with Crippen LogP contribution in [0.3, 0.4) is 0 Å². The van der Waals surface area contributed by atoms with Crippen molar-refractivity contribution in [2.24, 2.45) is 5.10 Å². The quantitative estimate of drug-likeness (QED) is 0.501. The van der Waals surface area contributed by atoms with Crippen molar-refractivity contribution in [2.75, 3.05) is 11.3 Å². The molecule has 122 valence electrons. The van der Waals surface area contributed by atoms with Crippen molar-refractivity contribution in [3.63, 3.8) is 0 Å². The van der Waals surface area contributed by atoms with E-state index in [4.69, 9.17) is 29.0 Å². The van der Waals surface area contributed by atoms with Gasteiger partial charge < -0.3 is 5.84 Å². The van der Waals surface area contributed by atoms with Crippen LogP contribution in [0.5, 0.6) is 0 Å². The number of anilines is 1. The lowest BCUT2D eigenvalue weighted by atomic mass is 9.93. The maximum Gasteiger partial charge on any atom is 0.295 e. The topological polar surface area (TPSA) is 98.2 Å². The average molecular weight is 355 g/mol. The summed E-state index contributed by atoms with van der Waals surface area (Å²) < 4.78 is 0.860. The summed E-state index contributed by atoms with van der Waals surface area (Å²) >= 11 is 12.1. The van der Waals surface area contributed by atoms with Gasteiger partial charge in [0.1, 0.15) is 5.69 Å². The summed E-state index contributed by atoms with van der Waals surface area (Å²) in [6.07, 6.45) is 1.41. The second kappa shape index (κ2) is 6.55. The molecule has 0 aliphatic carbocycles. The Bertz CT molecular complexity index is 790. The smallest absolute Gasteiger partial charge is 0.295 e. The first kappa shape index (κ1) is 17.2. The highest BCUT2D eigenvalue weighted by Gasteiger charge is 2.22. The van der Waals surface area contributed by atoms with Crippen molar-refractivity contribution in [1.29, 1.82) is 0 Å². The number of hydrazone groups is 1. The van der Waals surface area contributed by atoms with E-state index in [-0.39, 0.29) is 11.6 Å². The lowest BCUT2D eigenvalue weighted by Gasteiger charge is -2.16. The lowest BCUT2D eigenvalue weighted by molar-refractivity contribution is 0.538. The first-order chi connectivity index (χ1) is 10.7. The average Bonchev–Trinajstić information content (AvgIpc) is 2.45. The van der Waals surface area contributed by atoms with Gasteiger partial charge in [-0.05, 0) is 12.1 Å². The van der Waals surface area contributed by atoms with Crippen molar-refractivity contribution < 1.29 is 0 Å². The third-order valence-electron chi connectivity index (χ3n) is 2.96. The number of nitrogens with zero attached hydrogens (tertiary/aromatic N) is 4. The Morgan fingerprint density at radius 3 is 2.43 bits per heavy atom. The van der Waals surface area contributed by atoms with Gasteiger partial charge in [0.05, 0.1) is 16.3 Å². The van der Waals surface area contributed by atoms with Crippen molar-refractivity contribution in [3.05, 3.63) is 49.9 Å². The van der Waals surface area contributed by atoms with E-state index in [9.17, 15) is 4.79 Å². The highest BCUT2D eigenvalue weighted by atomic mass is 35.5. The van der Waals surface area contributed by atoms with Gasteiger partial charge in [0.15, 0.2) is 0 Å². The van der Waals surface area contributed by atoms with Gasteiger partial charge in [0, 0.05) is 11.0 Å². The Balaban J connectivity index is 2.27. The minimum absolute atomic E-state index is 0.00225. The minimum Gasteiger partial charge on any atom is -0.333 e. The summed E-state index contributed by atoms with van der Waals surface area (Å²) in [6, 6.07) is 5.10. The van der Waals surface area contributed by atoms with E-state index in [0.717, 1.165) is 4.68 Å². The summed E-state index contributed by atoms with van der Waals surface area (Å²) in [5.74, 6) is 5.73. The SMILES string of the molecule is CC(C)(C)c1nnc(N/N=C/c2c(Cl)cccc2Cl)n(N)c1=O. The maximum absolute atomic E-state index is 12.2. The molecule has 1 aromatic carbocycles. The van der Waals surface area contributed by atoms with Gasteiger partial charge in [-0.1, -0.05) is 50.0 Å². The molecule has 9 heteroatoms. The molecule has 0 radical (unpaired) electrons. The van der Waals surface area contributed by atoms with Crippen LogP contribution < -0.4 is 16.8 Å². The number of benzene rings is 1. The molecule has 1 aromatic heterocycles. The standard InChI is InChI=1S/C14H16Cl2N6O/c1-14(2,3)11-12(23)22(17)13(21-19-11)20-18-7-8-9(15)5-4-6-10(8)16/h4-7H,17H2,1-3H3,(H,20,21)/b18-7+. The van der Waals surface area contributed by atoms with Gasteiger partial charge in [-0.15, -0.1) is 10.2 Å². The third kappa shape index (κ3) is 3.80. The second-order valence-corrected chi connectivity index (χ2v) is 6.62. The highest BCUT2D eigenvalue weighted by Crippen LogP contribution is 2.22. The van der Waals surface area contributed by atoms with Crippen LogP contribution in [0, 0.1) is 0 Å². The van der Waals surface area contributed by atoms with Crippen LogP contribution in [0.25, 0.3) is 0 Å². The van der Waals surface area contributed by atoms with E-state index in [2.05, 4.69) is 20.7 Å². The number of halogens is 2. The molecule has 7 nitrogen and oxygen atoms in total. The largest absolute Gasteiger partial charge is 0.333 e. The van der Waals surface area contributed by atoms with Crippen LogP contribution in [-0.4, -0.2) is 21.1 Å². The zero-order chi connectivity index (χ0) is 17.2. The molecule has 0 aliphatic rings. The Morgan fingerprint density at radius 1 is 1.26 bits per heavy atom. The first-order valence-electron chi connectivity index (χ1n) is 6.70. The molecule has 0 unspecified atom stereocenters. The number of nitrogens with one attached hydrogen (secondary N) is 1. The van der Waals surface area contributed by atoms with Gasteiger partial charge in [-0.25, -0.2) is 5.43 Å². The van der Waals surface area contributed by atoms with Crippen molar-refractivity contribution in [3.8, 4) is 0 Å². The second-order valence-electron chi connectivity index (χ2n) is 5.80. The fourth-order valence-electron chi connectivity index (χ4n) is 1.73. The number of rotatable bonds is 3. The molecule has 0 bridgehead atoms. The number of hydrogen-bond acceptors (Lipinski definition) is 6. The Kier molecular flexibility index (Phi) is 4.91. The number of hydrogen-bond donors (Lipinski definition) is 2. The van der Waals surface area contributed by atoms with E-state index in [1.165, 1.54) is 6.21 Å². The maximum atomic E-state index is 12.2. The molecule has 2 rings (SSSR count). The summed E-state index contributed by atoms with van der Waals surface area (Å²) in [5, 5.41) is 12.6. The predicted molar refractivity (Wildman–Crippen MR) is 92.8 cm³/mol. The summed E-state index contributed by atoms with van der Waals surface area (Å²) in [5.41, 5.74) is 2.45. The van der Waals surface area contributed by atoms with Crippen molar-refractivity contribution in [1.82, 2.24) is 14.9 Å². The molecule has 2 aromatic rings. The van der Waals surface area contributed by atoms with Crippen LogP contribution in [0.1, 0.15) is 32.0 Å². The predicted octanol–water partition coefficient (Wildman–Crippen LogP) is 2.40. The minimum atomic E-state index is -0.460. The van der Waals surface area contributed by atoms with Crippen molar-refractivity contribution in [2.45, 2.75) is 26.2 Å². The molecule has 0 fully saturated rings. The molecular weight excluding hydrogens is 339 g/mol. The van der Waals surface area contributed by atoms with Crippen LogP contribution in [0.15, 0.2) is 28.1 Å². The zero-order valence-electron chi connectivity index (χ0n) is 12.8. The molecular formula is C14H16Cl2N6O. The lowest BCUT2D eigenvalue weighted by Crippen LogP contribution is -2.38. The molecule has 0 amide bonds. The summed E-state index contributed by atoms with van der Waals surface area (Å²) in [4.78, 5) is 12.2. The fraction of sp³-hybridized carbons (Fsp3) is 0.286. The third-order valence-corrected chi connectivity index (χ3v) is 3.62. The van der Waals surface area contributed by atoms with Crippen LogP contribution in [-0.2, 0) is 5.41 Å². The fourth-order valence-corrected chi connectivity index (χ4v) is 2.23. The zero-order valence-corrected chi connectivity index (χ0v) is 14.4.